The van der Waals surface area contributed by atoms with Gasteiger partial charge in [0.15, 0.2) is 0 Å². The zero-order valence-electron chi connectivity index (χ0n) is 25.5. The van der Waals surface area contributed by atoms with Crippen molar-refractivity contribution in [3.63, 3.8) is 0 Å². The molecule has 0 unspecified atom stereocenters. The second-order valence-electron chi connectivity index (χ2n) is 11.8. The first-order chi connectivity index (χ1) is 19.6. The van der Waals surface area contributed by atoms with Crippen LogP contribution in [-0.4, -0.2) is 28.0 Å². The molecule has 0 saturated heterocycles. The van der Waals surface area contributed by atoms with Crippen molar-refractivity contribution in [3.05, 3.63) is 36.0 Å². The molecular formula is C35H58N2O3. The summed E-state index contributed by atoms with van der Waals surface area (Å²) in [7, 11) is 0. The molecule has 1 aromatic heterocycles. The monoisotopic (exact) mass is 554 g/mol. The maximum absolute atomic E-state index is 12.4. The summed E-state index contributed by atoms with van der Waals surface area (Å²) >= 11 is 0. The number of carboxylic acids is 1. The summed E-state index contributed by atoms with van der Waals surface area (Å²) in [6.07, 6.45) is 30.6. The lowest BCUT2D eigenvalue weighted by molar-refractivity contribution is -0.141. The van der Waals surface area contributed by atoms with Gasteiger partial charge in [0, 0.05) is 29.9 Å². The van der Waals surface area contributed by atoms with E-state index in [4.69, 9.17) is 0 Å². The van der Waals surface area contributed by atoms with Crippen LogP contribution in [0.3, 0.4) is 0 Å². The number of carbonyl (C=O) groups is 2. The van der Waals surface area contributed by atoms with Crippen molar-refractivity contribution >= 4 is 22.8 Å². The molecule has 5 nitrogen and oxygen atoms in total. The molecule has 5 heteroatoms. The van der Waals surface area contributed by atoms with E-state index >= 15 is 0 Å². The number of benzene rings is 1. The predicted molar refractivity (Wildman–Crippen MR) is 169 cm³/mol. The molecule has 0 radical (unpaired) electrons. The third kappa shape index (κ3) is 15.5. The van der Waals surface area contributed by atoms with Gasteiger partial charge in [0.1, 0.15) is 6.04 Å². The Kier molecular flexibility index (Phi) is 19.0. The fourth-order valence-corrected chi connectivity index (χ4v) is 5.70. The first kappa shape index (κ1) is 33.9. The van der Waals surface area contributed by atoms with Gasteiger partial charge < -0.3 is 15.4 Å². The molecule has 1 heterocycles. The average molecular weight is 555 g/mol. The Bertz CT molecular complexity index is 922. The highest BCUT2D eigenvalue weighted by molar-refractivity contribution is 5.86. The SMILES string of the molecule is CCCCCCCCCCCCCCCCCCCCCCCC(=O)N[C@@H](Cc1c[nH]c2ccccc12)C(=O)O. The molecule has 0 aliphatic carbocycles. The van der Waals surface area contributed by atoms with Crippen molar-refractivity contribution in [2.45, 2.75) is 161 Å². The normalized spacial score (nSPS) is 12.1. The van der Waals surface area contributed by atoms with Crippen molar-refractivity contribution in [1.29, 1.82) is 0 Å². The molecular weight excluding hydrogens is 496 g/mol. The number of para-hydroxylation sites is 1. The van der Waals surface area contributed by atoms with E-state index < -0.39 is 12.0 Å². The van der Waals surface area contributed by atoms with E-state index in [2.05, 4.69) is 17.2 Å². The number of rotatable bonds is 26. The zero-order chi connectivity index (χ0) is 28.7. The van der Waals surface area contributed by atoms with Crippen LogP contribution >= 0.6 is 0 Å². The number of fused-ring (bicyclic) bond motifs is 1. The highest BCUT2D eigenvalue weighted by atomic mass is 16.4. The van der Waals surface area contributed by atoms with Crippen LogP contribution in [0, 0.1) is 0 Å². The first-order valence-electron chi connectivity index (χ1n) is 16.7. The summed E-state index contributed by atoms with van der Waals surface area (Å²) < 4.78 is 0. The smallest absolute Gasteiger partial charge is 0.326 e. The molecule has 0 saturated carbocycles. The summed E-state index contributed by atoms with van der Waals surface area (Å²) in [4.78, 5) is 27.3. The maximum atomic E-state index is 12.4. The lowest BCUT2D eigenvalue weighted by atomic mass is 10.0. The topological polar surface area (TPSA) is 82.2 Å². The lowest BCUT2D eigenvalue weighted by Gasteiger charge is -2.14. The van der Waals surface area contributed by atoms with Crippen LogP contribution in [0.2, 0.25) is 0 Å². The van der Waals surface area contributed by atoms with Gasteiger partial charge in [0.25, 0.3) is 0 Å². The number of nitrogens with one attached hydrogen (secondary N) is 2. The third-order valence-electron chi connectivity index (χ3n) is 8.24. The number of H-pyrrole nitrogens is 1. The van der Waals surface area contributed by atoms with Crippen LogP contribution in [-0.2, 0) is 16.0 Å². The first-order valence-corrected chi connectivity index (χ1v) is 16.7. The van der Waals surface area contributed by atoms with Gasteiger partial charge in [-0.2, -0.15) is 0 Å². The van der Waals surface area contributed by atoms with Gasteiger partial charge in [-0.25, -0.2) is 4.79 Å². The van der Waals surface area contributed by atoms with Crippen LogP contribution in [0.5, 0.6) is 0 Å². The van der Waals surface area contributed by atoms with E-state index in [1.165, 1.54) is 116 Å². The molecule has 1 amide bonds. The van der Waals surface area contributed by atoms with Crippen LogP contribution < -0.4 is 5.32 Å². The number of unbranched alkanes of at least 4 members (excludes halogenated alkanes) is 20. The second-order valence-corrected chi connectivity index (χ2v) is 11.8. The standard InChI is InChI=1S/C35H58N2O3/c1-2-3-4-5-6-7-8-9-10-11-12-13-14-15-16-17-18-19-20-21-22-27-34(38)37-33(35(39)40)28-30-29-36-32-26-24-23-25-31(30)32/h23-26,29,33,36H,2-22,27-28H2,1H3,(H,37,38)(H,39,40)/t33-/m0/s1. The van der Waals surface area contributed by atoms with Crippen molar-refractivity contribution in [3.8, 4) is 0 Å². The number of aromatic amines is 1. The molecule has 0 bridgehead atoms. The maximum Gasteiger partial charge on any atom is 0.326 e. The highest BCUT2D eigenvalue weighted by Gasteiger charge is 2.21. The molecule has 0 fully saturated rings. The van der Waals surface area contributed by atoms with Gasteiger partial charge in [-0.3, -0.25) is 4.79 Å². The number of hydrogen-bond acceptors (Lipinski definition) is 2. The minimum absolute atomic E-state index is 0.162. The molecule has 0 spiro atoms. The minimum atomic E-state index is -0.988. The number of hydrogen-bond donors (Lipinski definition) is 3. The molecule has 40 heavy (non-hydrogen) atoms. The van der Waals surface area contributed by atoms with Gasteiger partial charge in [0.2, 0.25) is 5.91 Å². The van der Waals surface area contributed by atoms with E-state index in [1.807, 2.05) is 30.5 Å². The minimum Gasteiger partial charge on any atom is -0.480 e. The molecule has 0 aliphatic rings. The van der Waals surface area contributed by atoms with E-state index in [0.29, 0.717) is 6.42 Å². The zero-order valence-corrected chi connectivity index (χ0v) is 25.5. The van der Waals surface area contributed by atoms with Gasteiger partial charge >= 0.3 is 5.97 Å². The highest BCUT2D eigenvalue weighted by Crippen LogP contribution is 2.19. The Balaban J connectivity index is 1.36. The Morgan fingerprint density at radius 3 is 1.62 bits per heavy atom. The van der Waals surface area contributed by atoms with Crippen molar-refractivity contribution in [2.24, 2.45) is 0 Å². The van der Waals surface area contributed by atoms with E-state index in [1.54, 1.807) is 0 Å². The van der Waals surface area contributed by atoms with Gasteiger partial charge in [0.05, 0.1) is 0 Å². The molecule has 1 aromatic carbocycles. The molecule has 2 aromatic rings. The molecule has 226 valence electrons. The van der Waals surface area contributed by atoms with Gasteiger partial charge in [-0.05, 0) is 18.1 Å². The Labute approximate surface area is 244 Å². The lowest BCUT2D eigenvalue weighted by Crippen LogP contribution is -2.42. The van der Waals surface area contributed by atoms with Gasteiger partial charge in [-0.1, -0.05) is 154 Å². The number of aliphatic carboxylic acids is 1. The van der Waals surface area contributed by atoms with Crippen LogP contribution in [0.4, 0.5) is 0 Å². The second kappa shape index (κ2) is 22.4. The van der Waals surface area contributed by atoms with Gasteiger partial charge in [-0.15, -0.1) is 0 Å². The number of carboxylic acid groups (broad SMARTS) is 1. The number of aromatic nitrogens is 1. The van der Waals surface area contributed by atoms with Crippen molar-refractivity contribution in [1.82, 2.24) is 10.3 Å². The number of carbonyl (C=O) groups excluding carboxylic acids is 1. The molecule has 3 N–H and O–H groups in total. The van der Waals surface area contributed by atoms with E-state index in [-0.39, 0.29) is 12.3 Å². The summed E-state index contributed by atoms with van der Waals surface area (Å²) in [5.74, 6) is -1.15. The van der Waals surface area contributed by atoms with E-state index in [9.17, 15) is 14.7 Å². The summed E-state index contributed by atoms with van der Waals surface area (Å²) in [6, 6.07) is 6.92. The quantitative estimate of drug-likeness (QED) is 0.101. The summed E-state index contributed by atoms with van der Waals surface area (Å²) in [5.41, 5.74) is 1.89. The van der Waals surface area contributed by atoms with E-state index in [0.717, 1.165) is 35.7 Å². The van der Waals surface area contributed by atoms with Crippen molar-refractivity contribution < 1.29 is 14.7 Å². The summed E-state index contributed by atoms with van der Waals surface area (Å²) in [6.45, 7) is 2.28. The Hall–Kier alpha value is -2.30. The fourth-order valence-electron chi connectivity index (χ4n) is 5.70. The fraction of sp³-hybridized carbons (Fsp3) is 0.714. The van der Waals surface area contributed by atoms with Crippen molar-refractivity contribution in [2.75, 3.05) is 0 Å². The van der Waals surface area contributed by atoms with Crippen LogP contribution in [0.15, 0.2) is 30.5 Å². The van der Waals surface area contributed by atoms with Crippen LogP contribution in [0.1, 0.15) is 154 Å². The summed E-state index contributed by atoms with van der Waals surface area (Å²) in [5, 5.41) is 13.4. The largest absolute Gasteiger partial charge is 0.480 e. The van der Waals surface area contributed by atoms with Crippen LogP contribution in [0.25, 0.3) is 10.9 Å². The average Bonchev–Trinajstić information content (AvgIpc) is 3.36. The molecule has 2 rings (SSSR count). The molecule has 0 aliphatic heterocycles. The Morgan fingerprint density at radius 1 is 0.700 bits per heavy atom. The number of amides is 1. The Morgan fingerprint density at radius 2 is 1.15 bits per heavy atom. The predicted octanol–water partition coefficient (Wildman–Crippen LogP) is 9.88. The molecule has 1 atom stereocenters. The third-order valence-corrected chi connectivity index (χ3v) is 8.24.